The van der Waals surface area contributed by atoms with E-state index in [1.807, 2.05) is 57.0 Å². The van der Waals surface area contributed by atoms with Gasteiger partial charge in [-0.3, -0.25) is 9.69 Å². The van der Waals surface area contributed by atoms with Gasteiger partial charge in [-0.2, -0.15) is 0 Å². The van der Waals surface area contributed by atoms with Crippen LogP contribution in [-0.2, 0) is 9.53 Å². The molecule has 1 aromatic rings. The first kappa shape index (κ1) is 16.5. The summed E-state index contributed by atoms with van der Waals surface area (Å²) in [5.41, 5.74) is 1.14. The highest BCUT2D eigenvalue weighted by Crippen LogP contribution is 2.16. The van der Waals surface area contributed by atoms with Crippen molar-refractivity contribution < 1.29 is 14.3 Å². The number of carbonyl (C=O) groups is 1. The minimum atomic E-state index is -0.178. The molecule has 4 heteroatoms. The Bertz CT molecular complexity index is 418. The second kappa shape index (κ2) is 8.59. The summed E-state index contributed by atoms with van der Waals surface area (Å²) in [6.07, 6.45) is 0.820. The molecule has 0 spiro atoms. The van der Waals surface area contributed by atoms with Crippen LogP contribution in [0.2, 0.25) is 0 Å². The first-order valence-electron chi connectivity index (χ1n) is 7.05. The van der Waals surface area contributed by atoms with E-state index in [0.717, 1.165) is 24.3 Å². The fraction of sp³-hybridized carbons (Fsp3) is 0.562. The average Bonchev–Trinajstić information content (AvgIpc) is 2.35. The van der Waals surface area contributed by atoms with Crippen LogP contribution < -0.4 is 4.74 Å². The number of esters is 1. The van der Waals surface area contributed by atoms with Crippen LogP contribution >= 0.6 is 0 Å². The predicted molar refractivity (Wildman–Crippen MR) is 80.0 cm³/mol. The van der Waals surface area contributed by atoms with E-state index in [1.165, 1.54) is 0 Å². The molecule has 0 heterocycles. The summed E-state index contributed by atoms with van der Waals surface area (Å²) in [6, 6.07) is 7.97. The van der Waals surface area contributed by atoms with Crippen LogP contribution in [0, 0.1) is 6.92 Å². The second-order valence-corrected chi connectivity index (χ2v) is 5.24. The number of carbonyl (C=O) groups excluding carboxylic acids is 1. The lowest BCUT2D eigenvalue weighted by atomic mass is 10.2. The topological polar surface area (TPSA) is 38.8 Å². The van der Waals surface area contributed by atoms with Gasteiger partial charge >= 0.3 is 5.97 Å². The Labute approximate surface area is 121 Å². The molecule has 0 bridgehead atoms. The van der Waals surface area contributed by atoms with Gasteiger partial charge in [0.05, 0.1) is 19.3 Å². The molecule has 0 amide bonds. The Balaban J connectivity index is 2.18. The first-order chi connectivity index (χ1) is 9.49. The lowest BCUT2D eigenvalue weighted by molar-refractivity contribution is -0.148. The Morgan fingerprint density at radius 1 is 1.30 bits per heavy atom. The molecule has 0 aliphatic heterocycles. The van der Waals surface area contributed by atoms with E-state index in [4.69, 9.17) is 9.47 Å². The molecule has 4 nitrogen and oxygen atoms in total. The maximum Gasteiger partial charge on any atom is 0.320 e. The molecule has 1 rings (SSSR count). The molecule has 0 saturated carbocycles. The summed E-state index contributed by atoms with van der Waals surface area (Å²) in [5, 5.41) is 0. The van der Waals surface area contributed by atoms with Gasteiger partial charge in [0.25, 0.3) is 0 Å². The number of para-hydroxylation sites is 1. The van der Waals surface area contributed by atoms with Gasteiger partial charge in [0.15, 0.2) is 0 Å². The van der Waals surface area contributed by atoms with Gasteiger partial charge in [0, 0.05) is 6.54 Å². The monoisotopic (exact) mass is 279 g/mol. The van der Waals surface area contributed by atoms with Crippen LogP contribution in [0.15, 0.2) is 24.3 Å². The van der Waals surface area contributed by atoms with Crippen LogP contribution in [0.1, 0.15) is 25.8 Å². The Hall–Kier alpha value is -1.55. The largest absolute Gasteiger partial charge is 0.493 e. The fourth-order valence-corrected chi connectivity index (χ4v) is 1.83. The highest BCUT2D eigenvalue weighted by atomic mass is 16.5. The van der Waals surface area contributed by atoms with E-state index < -0.39 is 0 Å². The SMILES string of the molecule is Cc1ccccc1OCCCN(C)CC(=O)OC(C)C. The summed E-state index contributed by atoms with van der Waals surface area (Å²) in [6.45, 7) is 7.52. The molecule has 0 saturated heterocycles. The predicted octanol–water partition coefficient (Wildman–Crippen LogP) is 2.65. The lowest BCUT2D eigenvalue weighted by Gasteiger charge is -2.17. The molecule has 1 aromatic carbocycles. The highest BCUT2D eigenvalue weighted by molar-refractivity contribution is 5.71. The molecule has 0 fully saturated rings. The van der Waals surface area contributed by atoms with Crippen LogP contribution in [0.4, 0.5) is 0 Å². The van der Waals surface area contributed by atoms with E-state index in [-0.39, 0.29) is 12.1 Å². The van der Waals surface area contributed by atoms with Gasteiger partial charge in [-0.05, 0) is 45.9 Å². The van der Waals surface area contributed by atoms with Crippen LogP contribution in [0.5, 0.6) is 5.75 Å². The van der Waals surface area contributed by atoms with Crippen molar-refractivity contribution in [2.24, 2.45) is 0 Å². The van der Waals surface area contributed by atoms with Gasteiger partial charge < -0.3 is 9.47 Å². The van der Waals surface area contributed by atoms with Gasteiger partial charge in [-0.15, -0.1) is 0 Å². The maximum absolute atomic E-state index is 11.5. The molecule has 112 valence electrons. The standard InChI is InChI=1S/C16H25NO3/c1-13(2)20-16(18)12-17(4)10-7-11-19-15-9-6-5-8-14(15)3/h5-6,8-9,13H,7,10-12H2,1-4H3. The molecular weight excluding hydrogens is 254 g/mol. The van der Waals surface area contributed by atoms with Crippen LogP contribution in [0.25, 0.3) is 0 Å². The second-order valence-electron chi connectivity index (χ2n) is 5.24. The number of benzene rings is 1. The van der Waals surface area contributed by atoms with E-state index in [2.05, 4.69) is 0 Å². The number of aryl methyl sites for hydroxylation is 1. The summed E-state index contributed by atoms with van der Waals surface area (Å²) in [5.74, 6) is 0.747. The van der Waals surface area contributed by atoms with Crippen molar-refractivity contribution in [2.75, 3.05) is 26.7 Å². The third kappa shape index (κ3) is 6.57. The molecule has 0 radical (unpaired) electrons. The molecule has 0 aromatic heterocycles. The van der Waals surface area contributed by atoms with Gasteiger partial charge in [0.2, 0.25) is 0 Å². The van der Waals surface area contributed by atoms with Gasteiger partial charge in [0.1, 0.15) is 5.75 Å². The minimum absolute atomic E-state index is 0.0553. The van der Waals surface area contributed by atoms with Gasteiger partial charge in [-0.1, -0.05) is 18.2 Å². The molecule has 0 aliphatic rings. The third-order valence-electron chi connectivity index (χ3n) is 2.80. The minimum Gasteiger partial charge on any atom is -0.493 e. The fourth-order valence-electron chi connectivity index (χ4n) is 1.83. The number of likely N-dealkylation sites (N-methyl/N-ethyl adjacent to an activating group) is 1. The van der Waals surface area contributed by atoms with Crippen molar-refractivity contribution >= 4 is 5.97 Å². The molecule has 20 heavy (non-hydrogen) atoms. The number of hydrogen-bond donors (Lipinski definition) is 0. The number of rotatable bonds is 8. The van der Waals surface area contributed by atoms with Crippen molar-refractivity contribution in [2.45, 2.75) is 33.3 Å². The summed E-state index contributed by atoms with van der Waals surface area (Å²) >= 11 is 0. The average molecular weight is 279 g/mol. The van der Waals surface area contributed by atoms with Crippen molar-refractivity contribution in [1.82, 2.24) is 4.90 Å². The van der Waals surface area contributed by atoms with Crippen LogP contribution in [-0.4, -0.2) is 43.7 Å². The zero-order valence-electron chi connectivity index (χ0n) is 12.9. The zero-order valence-corrected chi connectivity index (χ0v) is 12.9. The molecule has 0 N–H and O–H groups in total. The van der Waals surface area contributed by atoms with E-state index >= 15 is 0 Å². The molecule has 0 atom stereocenters. The molecular formula is C16H25NO3. The third-order valence-corrected chi connectivity index (χ3v) is 2.80. The normalized spacial score (nSPS) is 10.9. The van der Waals surface area contributed by atoms with Crippen molar-refractivity contribution in [3.8, 4) is 5.75 Å². The van der Waals surface area contributed by atoms with Crippen molar-refractivity contribution in [3.05, 3.63) is 29.8 Å². The van der Waals surface area contributed by atoms with Crippen molar-refractivity contribution in [1.29, 1.82) is 0 Å². The molecule has 0 unspecified atom stereocenters. The zero-order chi connectivity index (χ0) is 15.0. The maximum atomic E-state index is 11.5. The quantitative estimate of drug-likeness (QED) is 0.542. The first-order valence-corrected chi connectivity index (χ1v) is 7.05. The number of nitrogens with zero attached hydrogens (tertiary/aromatic N) is 1. The Morgan fingerprint density at radius 3 is 2.65 bits per heavy atom. The van der Waals surface area contributed by atoms with Gasteiger partial charge in [-0.25, -0.2) is 0 Å². The van der Waals surface area contributed by atoms with E-state index in [0.29, 0.717) is 13.2 Å². The number of hydrogen-bond acceptors (Lipinski definition) is 4. The van der Waals surface area contributed by atoms with E-state index in [1.54, 1.807) is 0 Å². The van der Waals surface area contributed by atoms with Crippen molar-refractivity contribution in [3.63, 3.8) is 0 Å². The highest BCUT2D eigenvalue weighted by Gasteiger charge is 2.09. The Kier molecular flexibility index (Phi) is 7.09. The lowest BCUT2D eigenvalue weighted by Crippen LogP contribution is -2.30. The summed E-state index contributed by atoms with van der Waals surface area (Å²) in [4.78, 5) is 13.4. The summed E-state index contributed by atoms with van der Waals surface area (Å²) in [7, 11) is 1.91. The van der Waals surface area contributed by atoms with E-state index in [9.17, 15) is 4.79 Å². The van der Waals surface area contributed by atoms with Crippen LogP contribution in [0.3, 0.4) is 0 Å². The smallest absolute Gasteiger partial charge is 0.320 e. The summed E-state index contributed by atoms with van der Waals surface area (Å²) < 4.78 is 10.8. The molecule has 0 aliphatic carbocycles. The Morgan fingerprint density at radius 2 is 2.00 bits per heavy atom. The number of ether oxygens (including phenoxy) is 2.